The predicted octanol–water partition coefficient (Wildman–Crippen LogP) is 2.37. The van der Waals surface area contributed by atoms with Crippen LogP contribution >= 0.6 is 24.0 Å². The van der Waals surface area contributed by atoms with Gasteiger partial charge in [0.2, 0.25) is 0 Å². The smallest absolute Gasteiger partial charge is 0.0178 e. The van der Waals surface area contributed by atoms with Crippen LogP contribution in [-0.2, 0) is 6.54 Å². The summed E-state index contributed by atoms with van der Waals surface area (Å²) in [6.45, 7) is 0.640. The minimum absolute atomic E-state index is 0. The molecule has 0 spiro atoms. The lowest BCUT2D eigenvalue weighted by Crippen LogP contribution is -1.94. The van der Waals surface area contributed by atoms with E-state index in [9.17, 15) is 0 Å². The van der Waals surface area contributed by atoms with Gasteiger partial charge in [-0.15, -0.1) is 24.0 Å². The number of halogens is 5. The molecule has 0 amide bonds. The van der Waals surface area contributed by atoms with Gasteiger partial charge >= 0.3 is 0 Å². The summed E-state index contributed by atoms with van der Waals surface area (Å²) in [5, 5.41) is 0. The SMILES string of the molecule is F.F.F.F.I.NCc1ccccc1. The molecule has 0 saturated heterocycles. The van der Waals surface area contributed by atoms with E-state index in [2.05, 4.69) is 0 Å². The van der Waals surface area contributed by atoms with E-state index in [0.717, 1.165) is 0 Å². The van der Waals surface area contributed by atoms with E-state index in [4.69, 9.17) is 5.73 Å². The van der Waals surface area contributed by atoms with Crippen LogP contribution in [-0.4, -0.2) is 0 Å². The van der Waals surface area contributed by atoms with Gasteiger partial charge in [-0.2, -0.15) is 0 Å². The van der Waals surface area contributed by atoms with Gasteiger partial charge in [0, 0.05) is 6.54 Å². The molecule has 0 radical (unpaired) electrons. The number of benzene rings is 1. The fourth-order valence-corrected chi connectivity index (χ4v) is 0.614. The number of nitrogens with two attached hydrogens (primary N) is 1. The van der Waals surface area contributed by atoms with E-state index in [1.54, 1.807) is 0 Å². The van der Waals surface area contributed by atoms with Gasteiger partial charge in [-0.05, 0) is 5.56 Å². The summed E-state index contributed by atoms with van der Waals surface area (Å²) < 4.78 is 0. The van der Waals surface area contributed by atoms with Crippen LogP contribution in [0.1, 0.15) is 5.56 Å². The van der Waals surface area contributed by atoms with Crippen LogP contribution in [0.4, 0.5) is 18.8 Å². The third-order valence-electron chi connectivity index (χ3n) is 1.08. The zero-order valence-electron chi connectivity index (χ0n) is 6.71. The molecule has 0 aliphatic heterocycles. The fraction of sp³-hybridized carbons (Fsp3) is 0.143. The van der Waals surface area contributed by atoms with Gasteiger partial charge in [0.05, 0.1) is 0 Å². The van der Waals surface area contributed by atoms with Crippen molar-refractivity contribution in [1.29, 1.82) is 0 Å². The molecule has 1 rings (SSSR count). The minimum atomic E-state index is 0. The maximum atomic E-state index is 5.35. The second-order valence-corrected chi connectivity index (χ2v) is 1.69. The van der Waals surface area contributed by atoms with Crippen molar-refractivity contribution in [2.75, 3.05) is 0 Å². The van der Waals surface area contributed by atoms with Crippen molar-refractivity contribution in [1.82, 2.24) is 0 Å². The lowest BCUT2D eigenvalue weighted by Gasteiger charge is -1.90. The standard InChI is InChI=1S/C7H9N.4FH.HI/c8-6-7-4-2-1-3-5-7;;;;;/h1-5H,6,8H2;5*1H. The Morgan fingerprint density at radius 1 is 0.846 bits per heavy atom. The Kier molecular flexibility index (Phi) is 39.8. The molecule has 82 valence electrons. The molecule has 0 saturated carbocycles. The summed E-state index contributed by atoms with van der Waals surface area (Å²) in [5.41, 5.74) is 6.54. The lowest BCUT2D eigenvalue weighted by atomic mass is 10.2. The van der Waals surface area contributed by atoms with Crippen LogP contribution in [0.2, 0.25) is 0 Å². The summed E-state index contributed by atoms with van der Waals surface area (Å²) in [4.78, 5) is 0. The minimum Gasteiger partial charge on any atom is -0.326 e. The van der Waals surface area contributed by atoms with E-state index in [-0.39, 0.29) is 42.8 Å². The van der Waals surface area contributed by atoms with Crippen molar-refractivity contribution < 1.29 is 18.8 Å². The highest BCUT2D eigenvalue weighted by atomic mass is 127. The summed E-state index contributed by atoms with van der Waals surface area (Å²) in [5.74, 6) is 0. The molecule has 2 N–H and O–H groups in total. The Morgan fingerprint density at radius 2 is 1.23 bits per heavy atom. The molecular weight excluding hydrogens is 301 g/mol. The molecule has 0 atom stereocenters. The number of hydrogen-bond acceptors (Lipinski definition) is 1. The quantitative estimate of drug-likeness (QED) is 0.625. The summed E-state index contributed by atoms with van der Waals surface area (Å²) >= 11 is 0. The topological polar surface area (TPSA) is 26.0 Å². The molecular formula is C7H14F4IN. The van der Waals surface area contributed by atoms with Crippen LogP contribution in [0.25, 0.3) is 0 Å². The Labute approximate surface area is 91.2 Å². The van der Waals surface area contributed by atoms with Crippen LogP contribution < -0.4 is 5.73 Å². The zero-order chi connectivity index (χ0) is 5.82. The molecule has 1 nitrogen and oxygen atoms in total. The van der Waals surface area contributed by atoms with Crippen LogP contribution in [0, 0.1) is 0 Å². The van der Waals surface area contributed by atoms with Crippen molar-refractivity contribution >= 4 is 24.0 Å². The number of hydrogen-bond donors (Lipinski definition) is 1. The normalized spacial score (nSPS) is 5.62. The monoisotopic (exact) mass is 315 g/mol. The molecule has 0 unspecified atom stereocenters. The first kappa shape index (κ1) is 29.3. The Bertz CT molecular complexity index is 162. The largest absolute Gasteiger partial charge is 0.326 e. The molecule has 13 heavy (non-hydrogen) atoms. The molecule has 0 aromatic heterocycles. The lowest BCUT2D eigenvalue weighted by molar-refractivity contribution is 1.07. The Hall–Kier alpha value is -0.370. The second kappa shape index (κ2) is 17.6. The van der Waals surface area contributed by atoms with E-state index in [1.165, 1.54) is 5.56 Å². The third kappa shape index (κ3) is 11.6. The molecule has 0 heterocycles. The van der Waals surface area contributed by atoms with Gasteiger partial charge in [0.25, 0.3) is 0 Å². The molecule has 0 fully saturated rings. The van der Waals surface area contributed by atoms with Crippen molar-refractivity contribution in [3.8, 4) is 0 Å². The average molecular weight is 315 g/mol. The third-order valence-corrected chi connectivity index (χ3v) is 1.08. The Morgan fingerprint density at radius 3 is 1.46 bits per heavy atom. The maximum Gasteiger partial charge on any atom is 0.0178 e. The van der Waals surface area contributed by atoms with Crippen LogP contribution in [0.3, 0.4) is 0 Å². The predicted molar refractivity (Wildman–Crippen MR) is 59.8 cm³/mol. The van der Waals surface area contributed by atoms with Gasteiger partial charge in [0.1, 0.15) is 0 Å². The highest BCUT2D eigenvalue weighted by Gasteiger charge is 1.80. The van der Waals surface area contributed by atoms with Gasteiger partial charge in [0.15, 0.2) is 0 Å². The van der Waals surface area contributed by atoms with Gasteiger partial charge in [-0.3, -0.25) is 18.8 Å². The van der Waals surface area contributed by atoms with Crippen molar-refractivity contribution in [2.24, 2.45) is 5.73 Å². The fourth-order valence-electron chi connectivity index (χ4n) is 0.614. The highest BCUT2D eigenvalue weighted by Crippen LogP contribution is 1.94. The number of rotatable bonds is 1. The van der Waals surface area contributed by atoms with Gasteiger partial charge in [-0.1, -0.05) is 30.3 Å². The van der Waals surface area contributed by atoms with Crippen molar-refractivity contribution in [3.63, 3.8) is 0 Å². The van der Waals surface area contributed by atoms with Gasteiger partial charge in [-0.25, -0.2) is 0 Å². The second-order valence-electron chi connectivity index (χ2n) is 1.69. The van der Waals surface area contributed by atoms with Gasteiger partial charge < -0.3 is 5.73 Å². The summed E-state index contributed by atoms with van der Waals surface area (Å²) in [6, 6.07) is 9.99. The highest BCUT2D eigenvalue weighted by molar-refractivity contribution is 14.0. The molecule has 0 aliphatic carbocycles. The molecule has 0 aliphatic rings. The first-order valence-electron chi connectivity index (χ1n) is 2.67. The average Bonchev–Trinajstić information content (AvgIpc) is 1.90. The first-order valence-corrected chi connectivity index (χ1v) is 2.67. The van der Waals surface area contributed by atoms with E-state index >= 15 is 0 Å². The first-order chi connectivity index (χ1) is 3.93. The Balaban J connectivity index is -0.0000000427. The van der Waals surface area contributed by atoms with E-state index in [1.807, 2.05) is 30.3 Å². The molecule has 1 aromatic rings. The summed E-state index contributed by atoms with van der Waals surface area (Å²) in [6.07, 6.45) is 0. The molecule has 0 bridgehead atoms. The van der Waals surface area contributed by atoms with E-state index < -0.39 is 0 Å². The van der Waals surface area contributed by atoms with Crippen LogP contribution in [0.5, 0.6) is 0 Å². The van der Waals surface area contributed by atoms with E-state index in [0.29, 0.717) is 6.54 Å². The van der Waals surface area contributed by atoms with Crippen LogP contribution in [0.15, 0.2) is 30.3 Å². The zero-order valence-corrected chi connectivity index (χ0v) is 9.04. The molecule has 6 heteroatoms. The molecule has 1 aromatic carbocycles. The van der Waals surface area contributed by atoms with Crippen molar-refractivity contribution in [2.45, 2.75) is 6.54 Å². The van der Waals surface area contributed by atoms with Crippen molar-refractivity contribution in [3.05, 3.63) is 35.9 Å². The summed E-state index contributed by atoms with van der Waals surface area (Å²) in [7, 11) is 0. The maximum absolute atomic E-state index is 5.35.